The molecule has 1 amide bonds. The lowest BCUT2D eigenvalue weighted by atomic mass is 10.0. The highest BCUT2D eigenvalue weighted by Gasteiger charge is 2.31. The number of amides is 1. The molecule has 0 unspecified atom stereocenters. The summed E-state index contributed by atoms with van der Waals surface area (Å²) in [4.78, 5) is 32.4. The molecule has 0 radical (unpaired) electrons. The molecular weight excluding hydrogens is 663 g/mol. The molecule has 3 aromatic heterocycles. The molecule has 14 heteroatoms. The molecule has 5 rings (SSSR count). The second-order valence-corrected chi connectivity index (χ2v) is 11.7. The number of methoxy groups -OCH3 is 2. The van der Waals surface area contributed by atoms with E-state index in [9.17, 15) is 13.6 Å². The van der Waals surface area contributed by atoms with Crippen LogP contribution in [0.25, 0.3) is 10.9 Å². The number of nitrogens with one attached hydrogen (secondary N) is 1. The fourth-order valence-electron chi connectivity index (χ4n) is 4.83. The van der Waals surface area contributed by atoms with E-state index in [-0.39, 0.29) is 48.0 Å². The summed E-state index contributed by atoms with van der Waals surface area (Å²) in [7, 11) is 3.00. The number of nitrogens with two attached hydrogens (primary N) is 1. The summed E-state index contributed by atoms with van der Waals surface area (Å²) in [5, 5.41) is 3.91. The monoisotopic (exact) mass is 693 g/mol. The number of aromatic nitrogens is 4. The predicted molar refractivity (Wildman–Crippen MR) is 162 cm³/mol. The van der Waals surface area contributed by atoms with Crippen molar-refractivity contribution < 1.29 is 27.5 Å². The third-order valence-corrected chi connectivity index (χ3v) is 8.53. The van der Waals surface area contributed by atoms with Crippen LogP contribution in [0.1, 0.15) is 46.2 Å². The summed E-state index contributed by atoms with van der Waals surface area (Å²) < 4.78 is 45.5. The third-order valence-electron chi connectivity index (χ3n) is 7.01. The number of oxazole rings is 1. The van der Waals surface area contributed by atoms with Gasteiger partial charge >= 0.3 is 3.93 Å². The van der Waals surface area contributed by atoms with E-state index in [0.29, 0.717) is 54.4 Å². The summed E-state index contributed by atoms with van der Waals surface area (Å²) in [6, 6.07) is 8.13. The van der Waals surface area contributed by atoms with E-state index in [1.165, 1.54) is 13.2 Å². The van der Waals surface area contributed by atoms with Crippen molar-refractivity contribution >= 4 is 48.0 Å². The number of nitrogens with zero attached hydrogens (tertiary/aromatic N) is 5. The van der Waals surface area contributed by atoms with Gasteiger partial charge in [-0.2, -0.15) is 13.8 Å². The van der Waals surface area contributed by atoms with Crippen LogP contribution in [0.3, 0.4) is 0 Å². The van der Waals surface area contributed by atoms with Crippen molar-refractivity contribution in [2.75, 3.05) is 32.6 Å². The maximum atomic E-state index is 14.4. The molecule has 0 aliphatic carbocycles. The highest BCUT2D eigenvalue weighted by atomic mass is 127. The SMILES string of the molecule is C=IC(F)(F)c1ccc2c(Cc3nc(C(=O)N4CCC(Nc5nccc(OC)n5)CC4)c(CN)o3)ccc(OC)c2n1. The smallest absolute Gasteiger partial charge is 0.332 e. The summed E-state index contributed by atoms with van der Waals surface area (Å²) in [6.45, 7) is 1.00. The van der Waals surface area contributed by atoms with Crippen LogP contribution in [0.2, 0.25) is 0 Å². The van der Waals surface area contributed by atoms with Crippen molar-refractivity contribution in [3.63, 3.8) is 0 Å². The van der Waals surface area contributed by atoms with Crippen molar-refractivity contribution in [1.29, 1.82) is 0 Å². The van der Waals surface area contributed by atoms with Crippen molar-refractivity contribution in [1.82, 2.24) is 24.8 Å². The minimum absolute atomic E-state index is 0.00321. The van der Waals surface area contributed by atoms with Gasteiger partial charge in [-0.3, -0.25) is 4.79 Å². The van der Waals surface area contributed by atoms with Crippen LogP contribution in [0.4, 0.5) is 14.7 Å². The number of carbonyl (C=O) groups excluding carboxylic acids is 1. The number of halogens is 3. The lowest BCUT2D eigenvalue weighted by molar-refractivity contribution is 0.0710. The molecule has 0 spiro atoms. The van der Waals surface area contributed by atoms with Crippen LogP contribution >= 0.6 is 20.7 Å². The third kappa shape index (κ3) is 6.18. The van der Waals surface area contributed by atoms with Crippen molar-refractivity contribution in [3.05, 3.63) is 65.1 Å². The van der Waals surface area contributed by atoms with Crippen molar-refractivity contribution in [2.45, 2.75) is 35.8 Å². The minimum Gasteiger partial charge on any atom is -0.494 e. The van der Waals surface area contributed by atoms with E-state index >= 15 is 0 Å². The van der Waals surface area contributed by atoms with Gasteiger partial charge in [0.2, 0.25) is 11.8 Å². The first-order valence-corrected chi connectivity index (χ1v) is 15.7. The number of alkyl halides is 3. The number of benzene rings is 1. The fraction of sp³-hybridized carbons (Fsp3) is 0.357. The number of rotatable bonds is 10. The maximum Gasteiger partial charge on any atom is 0.332 e. The number of fused-ring (bicyclic) bond motifs is 1. The topological polar surface area (TPSA) is 142 Å². The molecular formula is C28H30F2IN7O4. The largest absolute Gasteiger partial charge is 0.494 e. The molecule has 0 bridgehead atoms. The van der Waals surface area contributed by atoms with E-state index in [1.54, 1.807) is 42.5 Å². The first-order chi connectivity index (χ1) is 20.3. The van der Waals surface area contributed by atoms with E-state index in [2.05, 4.69) is 29.8 Å². The number of likely N-dealkylation sites (tertiary alicyclic amines) is 1. The Balaban J connectivity index is 1.32. The molecule has 1 fully saturated rings. The lowest BCUT2D eigenvalue weighted by Gasteiger charge is -2.32. The van der Waals surface area contributed by atoms with Gasteiger partial charge in [-0.15, -0.1) is 0 Å². The Labute approximate surface area is 250 Å². The Morgan fingerprint density at radius 1 is 1.17 bits per heavy atom. The van der Waals surface area contributed by atoms with E-state index in [0.717, 1.165) is 5.56 Å². The van der Waals surface area contributed by atoms with Gasteiger partial charge in [-0.25, -0.2) is 15.0 Å². The zero-order valence-electron chi connectivity index (χ0n) is 23.1. The van der Waals surface area contributed by atoms with Crippen LogP contribution in [0, 0.1) is 0 Å². The van der Waals surface area contributed by atoms with E-state index in [4.69, 9.17) is 19.6 Å². The zero-order chi connectivity index (χ0) is 29.9. The molecule has 1 aliphatic rings. The molecule has 0 atom stereocenters. The zero-order valence-corrected chi connectivity index (χ0v) is 25.2. The predicted octanol–water partition coefficient (Wildman–Crippen LogP) is 4.25. The highest BCUT2D eigenvalue weighted by Crippen LogP contribution is 2.39. The molecule has 222 valence electrons. The minimum atomic E-state index is -3.06. The second-order valence-electron chi connectivity index (χ2n) is 9.54. The number of ether oxygens (including phenoxy) is 2. The van der Waals surface area contributed by atoms with E-state index < -0.39 is 24.7 Å². The Morgan fingerprint density at radius 3 is 2.64 bits per heavy atom. The molecule has 42 heavy (non-hydrogen) atoms. The highest BCUT2D eigenvalue weighted by molar-refractivity contribution is 14.2. The molecule has 3 N–H and O–H groups in total. The van der Waals surface area contributed by atoms with Crippen LogP contribution in [-0.4, -0.2) is 68.6 Å². The van der Waals surface area contributed by atoms with Crippen LogP contribution < -0.4 is 20.5 Å². The Bertz CT molecular complexity index is 1610. The number of anilines is 1. The normalized spacial score (nSPS) is 14.3. The molecule has 0 saturated carbocycles. The number of pyridine rings is 1. The number of hydrogen-bond acceptors (Lipinski definition) is 10. The van der Waals surface area contributed by atoms with Gasteiger partial charge in [0.05, 0.1) is 27.2 Å². The summed E-state index contributed by atoms with van der Waals surface area (Å²) in [5.41, 5.74) is 6.79. The number of carbonyl (C=O) groups is 1. The quantitative estimate of drug-likeness (QED) is 0.183. The average molecular weight is 693 g/mol. The van der Waals surface area contributed by atoms with Gasteiger partial charge in [-0.05, 0) is 51.3 Å². The summed E-state index contributed by atoms with van der Waals surface area (Å²) in [6.07, 6.45) is 3.20. The molecule has 1 aromatic carbocycles. The molecule has 1 saturated heterocycles. The van der Waals surface area contributed by atoms with Crippen molar-refractivity contribution in [3.8, 4) is 11.6 Å². The van der Waals surface area contributed by atoms with Gasteiger partial charge in [0.15, 0.2) is 17.3 Å². The Morgan fingerprint density at radius 2 is 1.95 bits per heavy atom. The fourth-order valence-corrected chi connectivity index (χ4v) is 5.52. The van der Waals surface area contributed by atoms with Gasteiger partial charge in [-0.1, -0.05) is 16.6 Å². The Kier molecular flexibility index (Phi) is 8.91. The maximum absolute atomic E-state index is 14.4. The molecule has 1 aliphatic heterocycles. The van der Waals surface area contributed by atoms with Gasteiger partial charge in [0.25, 0.3) is 5.91 Å². The van der Waals surface area contributed by atoms with E-state index in [1.807, 2.05) is 0 Å². The summed E-state index contributed by atoms with van der Waals surface area (Å²) in [5.74, 6) is 1.63. The number of hydrogen-bond donors (Lipinski definition) is 2. The first-order valence-electron chi connectivity index (χ1n) is 13.1. The lowest BCUT2D eigenvalue weighted by Crippen LogP contribution is -2.43. The standard InChI is InChI=1S/C28H30F2IN7O4/c1-31-28(29,30)21-7-5-18-16(4-6-19(40-2)24(18)35-21)14-23-36-25(20(15-32)42-23)26(39)38-12-9-17(10-13-38)34-27-33-11-8-22(37-27)41-3/h4-8,11,17H,1,9-10,12-15,32H2,2-3H3,(H,33,34,37). The average Bonchev–Trinajstić information content (AvgIpc) is 3.43. The van der Waals surface area contributed by atoms with Gasteiger partial charge < -0.3 is 29.8 Å². The summed E-state index contributed by atoms with van der Waals surface area (Å²) >= 11 is -1.64. The van der Waals surface area contributed by atoms with Crippen molar-refractivity contribution in [2.24, 2.45) is 5.73 Å². The first kappa shape index (κ1) is 29.7. The number of piperidine rings is 1. The Hall–Kier alpha value is -3.79. The molecule has 4 heterocycles. The van der Waals surface area contributed by atoms with Crippen LogP contribution in [0.15, 0.2) is 40.9 Å². The van der Waals surface area contributed by atoms with Gasteiger partial charge in [0, 0.05) is 36.8 Å². The molecule has 4 aromatic rings. The second kappa shape index (κ2) is 12.6. The van der Waals surface area contributed by atoms with Gasteiger partial charge in [0.1, 0.15) is 17.0 Å². The molecule has 11 nitrogen and oxygen atoms in total. The van der Waals surface area contributed by atoms with Crippen LogP contribution in [0.5, 0.6) is 11.6 Å². The van der Waals surface area contributed by atoms with Crippen LogP contribution in [-0.2, 0) is 16.9 Å².